The van der Waals surface area contributed by atoms with Crippen molar-refractivity contribution in [2.24, 2.45) is 0 Å². The van der Waals surface area contributed by atoms with E-state index in [2.05, 4.69) is 5.32 Å². The number of rotatable bonds is 2. The minimum atomic E-state index is -1.12. The molecule has 19 heavy (non-hydrogen) atoms. The van der Waals surface area contributed by atoms with E-state index in [1.54, 1.807) is 12.1 Å². The molecule has 4 nitrogen and oxygen atoms in total. The quantitative estimate of drug-likeness (QED) is 0.844. The van der Waals surface area contributed by atoms with E-state index >= 15 is 0 Å². The van der Waals surface area contributed by atoms with Gasteiger partial charge in [-0.3, -0.25) is 0 Å². The minimum Gasteiger partial charge on any atom is -0.497 e. The van der Waals surface area contributed by atoms with Gasteiger partial charge >= 0.3 is 0 Å². The highest BCUT2D eigenvalue weighted by Crippen LogP contribution is 2.38. The standard InChI is InChI=1S/C14H18FNO3/c1-18-11-2-3-12(13(15)4-11)14(17)5-9-7-19-8-10(6-14)16-9/h2-4,9-10,16-17H,5-8H2,1H3. The fourth-order valence-electron chi connectivity index (χ4n) is 3.14. The Bertz CT molecular complexity index is 468. The van der Waals surface area contributed by atoms with Crippen LogP contribution in [0.3, 0.4) is 0 Å². The Morgan fingerprint density at radius 3 is 2.63 bits per heavy atom. The second-order valence-electron chi connectivity index (χ2n) is 5.38. The van der Waals surface area contributed by atoms with Crippen molar-refractivity contribution in [3.05, 3.63) is 29.6 Å². The molecule has 0 spiro atoms. The fourth-order valence-corrected chi connectivity index (χ4v) is 3.14. The van der Waals surface area contributed by atoms with Gasteiger partial charge in [0.1, 0.15) is 11.6 Å². The summed E-state index contributed by atoms with van der Waals surface area (Å²) in [6.45, 7) is 1.13. The zero-order valence-electron chi connectivity index (χ0n) is 10.9. The van der Waals surface area contributed by atoms with Gasteiger partial charge in [-0.25, -0.2) is 4.39 Å². The number of aliphatic hydroxyl groups is 1. The predicted molar refractivity (Wildman–Crippen MR) is 67.6 cm³/mol. The summed E-state index contributed by atoms with van der Waals surface area (Å²) in [4.78, 5) is 0. The van der Waals surface area contributed by atoms with E-state index in [4.69, 9.17) is 9.47 Å². The lowest BCUT2D eigenvalue weighted by atomic mass is 9.78. The second kappa shape index (κ2) is 4.74. The normalized spacial score (nSPS) is 34.1. The third-order valence-corrected chi connectivity index (χ3v) is 3.96. The highest BCUT2D eigenvalue weighted by molar-refractivity contribution is 5.33. The summed E-state index contributed by atoms with van der Waals surface area (Å²) in [5.74, 6) is 0.0463. The number of piperidine rings is 1. The molecular formula is C14H18FNO3. The van der Waals surface area contributed by atoms with Gasteiger partial charge in [-0.1, -0.05) is 0 Å². The first kappa shape index (κ1) is 12.8. The maximum Gasteiger partial charge on any atom is 0.132 e. The molecule has 5 heteroatoms. The van der Waals surface area contributed by atoms with E-state index < -0.39 is 11.4 Å². The molecule has 0 amide bonds. The zero-order valence-corrected chi connectivity index (χ0v) is 10.9. The summed E-state index contributed by atoms with van der Waals surface area (Å²) in [5, 5.41) is 14.2. The first-order valence-corrected chi connectivity index (χ1v) is 6.51. The Morgan fingerprint density at radius 2 is 2.05 bits per heavy atom. The number of methoxy groups -OCH3 is 1. The van der Waals surface area contributed by atoms with Crippen LogP contribution in [0.5, 0.6) is 5.75 Å². The summed E-state index contributed by atoms with van der Waals surface area (Å²) in [7, 11) is 1.50. The Kier molecular flexibility index (Phi) is 3.20. The van der Waals surface area contributed by atoms with Crippen LogP contribution in [0.15, 0.2) is 18.2 Å². The van der Waals surface area contributed by atoms with E-state index in [1.807, 2.05) is 0 Å². The highest BCUT2D eigenvalue weighted by atomic mass is 19.1. The summed E-state index contributed by atoms with van der Waals surface area (Å²) in [6, 6.07) is 4.79. The third-order valence-electron chi connectivity index (χ3n) is 3.96. The molecule has 2 heterocycles. The average molecular weight is 267 g/mol. The van der Waals surface area contributed by atoms with Gasteiger partial charge in [0.15, 0.2) is 0 Å². The largest absolute Gasteiger partial charge is 0.497 e. The van der Waals surface area contributed by atoms with Crippen molar-refractivity contribution in [1.29, 1.82) is 0 Å². The molecule has 0 saturated carbocycles. The third kappa shape index (κ3) is 2.33. The van der Waals surface area contributed by atoms with E-state index in [0.717, 1.165) is 0 Å². The van der Waals surface area contributed by atoms with Crippen LogP contribution in [0.25, 0.3) is 0 Å². The van der Waals surface area contributed by atoms with Crippen molar-refractivity contribution in [2.75, 3.05) is 20.3 Å². The summed E-state index contributed by atoms with van der Waals surface area (Å²) in [6.07, 6.45) is 0.930. The molecule has 0 radical (unpaired) electrons. The zero-order chi connectivity index (χ0) is 13.5. The first-order chi connectivity index (χ1) is 9.10. The second-order valence-corrected chi connectivity index (χ2v) is 5.38. The molecule has 2 unspecified atom stereocenters. The smallest absolute Gasteiger partial charge is 0.132 e. The molecule has 2 N–H and O–H groups in total. The molecule has 104 valence electrons. The molecule has 1 aromatic carbocycles. The van der Waals surface area contributed by atoms with Crippen molar-refractivity contribution in [3.63, 3.8) is 0 Å². The van der Waals surface area contributed by atoms with Gasteiger partial charge < -0.3 is 19.9 Å². The van der Waals surface area contributed by atoms with Gasteiger partial charge in [0.25, 0.3) is 0 Å². The molecule has 2 saturated heterocycles. The molecule has 0 aliphatic carbocycles. The maximum absolute atomic E-state index is 14.2. The molecule has 2 bridgehead atoms. The summed E-state index contributed by atoms with van der Waals surface area (Å²) >= 11 is 0. The number of hydrogen-bond acceptors (Lipinski definition) is 4. The average Bonchev–Trinajstić information content (AvgIpc) is 2.37. The van der Waals surface area contributed by atoms with Crippen LogP contribution in [0, 0.1) is 5.82 Å². The van der Waals surface area contributed by atoms with Crippen molar-refractivity contribution < 1.29 is 19.0 Å². The molecule has 2 atom stereocenters. The number of hydrogen-bond donors (Lipinski definition) is 2. The van der Waals surface area contributed by atoms with Gasteiger partial charge in [0.2, 0.25) is 0 Å². The number of nitrogens with one attached hydrogen (secondary N) is 1. The van der Waals surface area contributed by atoms with Crippen LogP contribution in [0.4, 0.5) is 4.39 Å². The number of fused-ring (bicyclic) bond motifs is 2. The SMILES string of the molecule is COc1ccc(C2(O)CC3COCC(C2)N3)c(F)c1. The van der Waals surface area contributed by atoms with Crippen LogP contribution in [0.2, 0.25) is 0 Å². The minimum absolute atomic E-state index is 0.0824. The lowest BCUT2D eigenvalue weighted by molar-refractivity contribution is -0.0817. The van der Waals surface area contributed by atoms with E-state index in [0.29, 0.717) is 37.4 Å². The fraction of sp³-hybridized carbons (Fsp3) is 0.571. The van der Waals surface area contributed by atoms with E-state index in [9.17, 15) is 9.50 Å². The van der Waals surface area contributed by atoms with Crippen LogP contribution in [-0.4, -0.2) is 37.5 Å². The number of benzene rings is 1. The van der Waals surface area contributed by atoms with Crippen molar-refractivity contribution >= 4 is 0 Å². The maximum atomic E-state index is 14.2. The lowest BCUT2D eigenvalue weighted by Crippen LogP contribution is -2.58. The van der Waals surface area contributed by atoms with Crippen molar-refractivity contribution in [3.8, 4) is 5.75 Å². The van der Waals surface area contributed by atoms with Crippen LogP contribution < -0.4 is 10.1 Å². The van der Waals surface area contributed by atoms with Crippen molar-refractivity contribution in [2.45, 2.75) is 30.5 Å². The van der Waals surface area contributed by atoms with Crippen LogP contribution in [0.1, 0.15) is 18.4 Å². The number of morpholine rings is 1. The molecule has 2 aliphatic heterocycles. The van der Waals surface area contributed by atoms with E-state index in [1.165, 1.54) is 13.2 Å². The molecule has 0 aromatic heterocycles. The van der Waals surface area contributed by atoms with E-state index in [-0.39, 0.29) is 12.1 Å². The summed E-state index contributed by atoms with van der Waals surface area (Å²) < 4.78 is 24.6. The predicted octanol–water partition coefficient (Wildman–Crippen LogP) is 1.17. The van der Waals surface area contributed by atoms with Gasteiger partial charge in [-0.15, -0.1) is 0 Å². The molecule has 3 rings (SSSR count). The lowest BCUT2D eigenvalue weighted by Gasteiger charge is -2.45. The van der Waals surface area contributed by atoms with Gasteiger partial charge in [-0.2, -0.15) is 0 Å². The Hall–Kier alpha value is -1.17. The summed E-state index contributed by atoms with van der Waals surface area (Å²) in [5.41, 5.74) is -0.771. The molecule has 1 aromatic rings. The Labute approximate surface area is 111 Å². The Balaban J connectivity index is 1.91. The molecule has 2 aliphatic rings. The van der Waals surface area contributed by atoms with Gasteiger partial charge in [-0.05, 0) is 25.0 Å². The van der Waals surface area contributed by atoms with Gasteiger partial charge in [0.05, 0.1) is 25.9 Å². The Morgan fingerprint density at radius 1 is 1.37 bits per heavy atom. The highest BCUT2D eigenvalue weighted by Gasteiger charge is 2.43. The first-order valence-electron chi connectivity index (χ1n) is 6.51. The van der Waals surface area contributed by atoms with Crippen molar-refractivity contribution in [1.82, 2.24) is 5.32 Å². The van der Waals surface area contributed by atoms with Crippen LogP contribution in [-0.2, 0) is 10.3 Å². The van der Waals surface area contributed by atoms with Crippen LogP contribution >= 0.6 is 0 Å². The number of halogens is 1. The molecular weight excluding hydrogens is 249 g/mol. The van der Waals surface area contributed by atoms with Gasteiger partial charge in [0, 0.05) is 23.7 Å². The molecule has 2 fully saturated rings. The number of ether oxygens (including phenoxy) is 2. The topological polar surface area (TPSA) is 50.7 Å². The monoisotopic (exact) mass is 267 g/mol.